The van der Waals surface area contributed by atoms with E-state index in [1.165, 1.54) is 0 Å². The average Bonchev–Trinajstić information content (AvgIpc) is 2.11. The Morgan fingerprint density at radius 2 is 1.75 bits per heavy atom. The largest absolute Gasteiger partial charge is 0.444 e. The van der Waals surface area contributed by atoms with E-state index in [0.29, 0.717) is 0 Å². The molecule has 0 bridgehead atoms. The molecule has 5 heteroatoms. The molecule has 0 heterocycles. The molecule has 0 radical (unpaired) electrons. The summed E-state index contributed by atoms with van der Waals surface area (Å²) >= 11 is 0. The molecule has 1 amide bonds. The minimum absolute atomic E-state index is 0.131. The molecule has 0 saturated carbocycles. The average molecular weight is 233 g/mol. The highest BCUT2D eigenvalue weighted by Gasteiger charge is 2.31. The van der Waals surface area contributed by atoms with E-state index in [4.69, 9.17) is 14.9 Å². The van der Waals surface area contributed by atoms with E-state index >= 15 is 0 Å². The minimum atomic E-state index is -0.592. The molecule has 0 aromatic rings. The van der Waals surface area contributed by atoms with Crippen molar-refractivity contribution in [2.45, 2.75) is 46.3 Å². The predicted molar refractivity (Wildman–Crippen MR) is 61.1 cm³/mol. The van der Waals surface area contributed by atoms with Crippen molar-refractivity contribution in [2.24, 2.45) is 5.41 Å². The van der Waals surface area contributed by atoms with Crippen LogP contribution in [0, 0.1) is 5.41 Å². The highest BCUT2D eigenvalue weighted by Crippen LogP contribution is 2.19. The molecule has 1 atom stereocenters. The van der Waals surface area contributed by atoms with Gasteiger partial charge < -0.3 is 20.3 Å². The van der Waals surface area contributed by atoms with Crippen LogP contribution in [0.3, 0.4) is 0 Å². The molecule has 96 valence electrons. The summed E-state index contributed by atoms with van der Waals surface area (Å²) < 4.78 is 5.07. The quantitative estimate of drug-likeness (QED) is 0.674. The summed E-state index contributed by atoms with van der Waals surface area (Å²) in [5.74, 6) is 0. The molecule has 0 aliphatic carbocycles. The number of carbonyl (C=O) groups excluding carboxylic acids is 1. The fourth-order valence-electron chi connectivity index (χ4n) is 1.05. The first kappa shape index (κ1) is 15.2. The lowest BCUT2D eigenvalue weighted by molar-refractivity contribution is 0.0326. The Bertz CT molecular complexity index is 233. The van der Waals surface area contributed by atoms with Crippen molar-refractivity contribution in [1.29, 1.82) is 0 Å². The Hall–Kier alpha value is -0.810. The van der Waals surface area contributed by atoms with Gasteiger partial charge in [-0.05, 0) is 20.8 Å². The topological polar surface area (TPSA) is 78.8 Å². The fraction of sp³-hybridized carbons (Fsp3) is 0.909. The Morgan fingerprint density at radius 3 is 2.06 bits per heavy atom. The van der Waals surface area contributed by atoms with Gasteiger partial charge in [-0.1, -0.05) is 13.8 Å². The zero-order valence-electron chi connectivity index (χ0n) is 10.7. The molecule has 0 saturated heterocycles. The monoisotopic (exact) mass is 233 g/mol. The van der Waals surface area contributed by atoms with Crippen molar-refractivity contribution in [3.8, 4) is 0 Å². The molecule has 0 aliphatic heterocycles. The van der Waals surface area contributed by atoms with Gasteiger partial charge in [0.15, 0.2) is 0 Å². The van der Waals surface area contributed by atoms with Gasteiger partial charge in [0.25, 0.3) is 0 Å². The number of amides is 1. The van der Waals surface area contributed by atoms with Crippen molar-refractivity contribution in [3.63, 3.8) is 0 Å². The van der Waals surface area contributed by atoms with Crippen LogP contribution in [-0.2, 0) is 4.74 Å². The number of aliphatic hydroxyl groups is 2. The van der Waals surface area contributed by atoms with Gasteiger partial charge in [0.1, 0.15) is 5.60 Å². The highest BCUT2D eigenvalue weighted by molar-refractivity contribution is 5.68. The van der Waals surface area contributed by atoms with Gasteiger partial charge in [-0.15, -0.1) is 0 Å². The molecule has 1 unspecified atom stereocenters. The Labute approximate surface area is 96.8 Å². The molecule has 0 aliphatic rings. The normalized spacial score (nSPS) is 14.4. The number of hydrogen-bond donors (Lipinski definition) is 3. The molecule has 0 spiro atoms. The van der Waals surface area contributed by atoms with Gasteiger partial charge in [-0.2, -0.15) is 0 Å². The molecular weight excluding hydrogens is 210 g/mol. The van der Waals surface area contributed by atoms with Crippen LogP contribution in [0.15, 0.2) is 0 Å². The van der Waals surface area contributed by atoms with E-state index in [0.717, 1.165) is 0 Å². The fourth-order valence-corrected chi connectivity index (χ4v) is 1.05. The summed E-state index contributed by atoms with van der Waals surface area (Å²) in [5.41, 5.74) is -1.17. The van der Waals surface area contributed by atoms with E-state index in [-0.39, 0.29) is 13.2 Å². The van der Waals surface area contributed by atoms with Gasteiger partial charge >= 0.3 is 6.09 Å². The van der Waals surface area contributed by atoms with Crippen LogP contribution in [-0.4, -0.2) is 41.2 Å². The molecule has 3 N–H and O–H groups in total. The molecule has 0 fully saturated rings. The van der Waals surface area contributed by atoms with Crippen LogP contribution >= 0.6 is 0 Å². The molecule has 0 aromatic carbocycles. The maximum Gasteiger partial charge on any atom is 0.407 e. The van der Waals surface area contributed by atoms with Crippen molar-refractivity contribution in [1.82, 2.24) is 5.32 Å². The van der Waals surface area contributed by atoms with E-state index in [1.54, 1.807) is 34.6 Å². The standard InChI is InChI=1S/C11H23NO4/c1-10(2,3)16-9(15)12-8(6-13)11(4,5)7-14/h8,13-14H,6-7H2,1-5H3,(H,12,15). The SMILES string of the molecule is CC(C)(C)OC(=O)NC(CO)C(C)(C)CO. The Balaban J connectivity index is 4.40. The van der Waals surface area contributed by atoms with E-state index in [2.05, 4.69) is 5.32 Å². The molecular formula is C11H23NO4. The summed E-state index contributed by atoms with van der Waals surface area (Å²) in [5, 5.41) is 20.8. The van der Waals surface area contributed by atoms with Crippen molar-refractivity contribution < 1.29 is 19.7 Å². The van der Waals surface area contributed by atoms with E-state index in [9.17, 15) is 4.79 Å². The summed E-state index contributed by atoms with van der Waals surface area (Å²) in [6, 6.07) is -0.535. The number of ether oxygens (including phenoxy) is 1. The van der Waals surface area contributed by atoms with Crippen LogP contribution in [0.25, 0.3) is 0 Å². The van der Waals surface area contributed by atoms with Crippen molar-refractivity contribution >= 4 is 6.09 Å². The van der Waals surface area contributed by atoms with Crippen molar-refractivity contribution in [3.05, 3.63) is 0 Å². The number of alkyl carbamates (subject to hydrolysis) is 1. The van der Waals surface area contributed by atoms with Gasteiger partial charge in [-0.3, -0.25) is 0 Å². The molecule has 0 rings (SSSR count). The number of nitrogens with one attached hydrogen (secondary N) is 1. The third kappa shape index (κ3) is 5.32. The second-order valence-electron chi connectivity index (χ2n) is 5.53. The lowest BCUT2D eigenvalue weighted by atomic mass is 9.86. The van der Waals surface area contributed by atoms with E-state index in [1.807, 2.05) is 0 Å². The summed E-state index contributed by atoms with van der Waals surface area (Å²) in [4.78, 5) is 11.5. The lowest BCUT2D eigenvalue weighted by Crippen LogP contribution is -2.50. The predicted octanol–water partition coefficient (Wildman–Crippen LogP) is 0.891. The summed E-state index contributed by atoms with van der Waals surface area (Å²) in [7, 11) is 0. The van der Waals surface area contributed by atoms with Crippen LogP contribution in [0.2, 0.25) is 0 Å². The molecule has 16 heavy (non-hydrogen) atoms. The van der Waals surface area contributed by atoms with Gasteiger partial charge in [0.2, 0.25) is 0 Å². The number of aliphatic hydroxyl groups excluding tert-OH is 2. The van der Waals surface area contributed by atoms with Crippen molar-refractivity contribution in [2.75, 3.05) is 13.2 Å². The van der Waals surface area contributed by atoms with Crippen LogP contribution in [0.4, 0.5) is 4.79 Å². The van der Waals surface area contributed by atoms with Crippen LogP contribution in [0.5, 0.6) is 0 Å². The zero-order valence-corrected chi connectivity index (χ0v) is 10.7. The Kier molecular flexibility index (Phi) is 5.22. The first-order valence-electron chi connectivity index (χ1n) is 5.33. The third-order valence-electron chi connectivity index (χ3n) is 2.22. The molecule has 5 nitrogen and oxygen atoms in total. The molecule has 0 aromatic heterocycles. The second-order valence-corrected chi connectivity index (χ2v) is 5.53. The van der Waals surface area contributed by atoms with Gasteiger partial charge in [0.05, 0.1) is 19.3 Å². The van der Waals surface area contributed by atoms with Gasteiger partial charge in [-0.25, -0.2) is 4.79 Å². The summed E-state index contributed by atoms with van der Waals surface area (Å²) in [6.07, 6.45) is -0.590. The smallest absolute Gasteiger partial charge is 0.407 e. The first-order chi connectivity index (χ1) is 7.12. The highest BCUT2D eigenvalue weighted by atomic mass is 16.6. The van der Waals surface area contributed by atoms with Crippen LogP contribution < -0.4 is 5.32 Å². The minimum Gasteiger partial charge on any atom is -0.444 e. The van der Waals surface area contributed by atoms with E-state index < -0.39 is 23.2 Å². The summed E-state index contributed by atoms with van der Waals surface area (Å²) in [6.45, 7) is 8.42. The third-order valence-corrected chi connectivity index (χ3v) is 2.22. The maximum atomic E-state index is 11.5. The van der Waals surface area contributed by atoms with Crippen LogP contribution in [0.1, 0.15) is 34.6 Å². The van der Waals surface area contributed by atoms with Gasteiger partial charge in [0, 0.05) is 5.41 Å². The number of carbonyl (C=O) groups is 1. The lowest BCUT2D eigenvalue weighted by Gasteiger charge is -2.32. The number of hydrogen-bond acceptors (Lipinski definition) is 4. The second kappa shape index (κ2) is 5.50. The Morgan fingerprint density at radius 1 is 1.25 bits per heavy atom. The maximum absolute atomic E-state index is 11.5. The zero-order chi connectivity index (χ0) is 13.0. The first-order valence-corrected chi connectivity index (χ1v) is 5.33. The number of rotatable bonds is 4.